The summed E-state index contributed by atoms with van der Waals surface area (Å²) in [6.07, 6.45) is 2.12. The van der Waals surface area contributed by atoms with Crippen LogP contribution in [0.2, 0.25) is 0 Å². The third kappa shape index (κ3) is 5.16. The molecule has 1 heterocycles. The number of hydrogen-bond donors (Lipinski definition) is 1. The first-order chi connectivity index (χ1) is 18.4. The maximum Gasteiger partial charge on any atom is 0.338 e. The summed E-state index contributed by atoms with van der Waals surface area (Å²) in [4.78, 5) is 52.7. The number of carbonyl (C=O) groups is 4. The van der Waals surface area contributed by atoms with Gasteiger partial charge in [0.05, 0.1) is 30.2 Å². The van der Waals surface area contributed by atoms with Crippen molar-refractivity contribution >= 4 is 35.1 Å². The Bertz CT molecular complexity index is 1370. The number of carbonyl (C=O) groups excluding carboxylic acids is 4. The molecule has 3 atom stereocenters. The highest BCUT2D eigenvalue weighted by Crippen LogP contribution is 2.45. The molecule has 8 heteroatoms. The highest BCUT2D eigenvalue weighted by Gasteiger charge is 2.50. The number of nitrogens with one attached hydrogen (secondary N) is 1. The number of methoxy groups -OCH3 is 1. The van der Waals surface area contributed by atoms with Crippen molar-refractivity contribution in [3.63, 3.8) is 0 Å². The number of hydrogen-bond acceptors (Lipinski definition) is 6. The van der Waals surface area contributed by atoms with E-state index < -0.39 is 18.5 Å². The second-order valence-corrected chi connectivity index (χ2v) is 9.55. The molecule has 38 heavy (non-hydrogen) atoms. The van der Waals surface area contributed by atoms with Crippen molar-refractivity contribution in [1.29, 1.82) is 0 Å². The molecule has 0 aromatic heterocycles. The van der Waals surface area contributed by atoms with E-state index in [1.54, 1.807) is 36.4 Å². The van der Waals surface area contributed by atoms with Crippen molar-refractivity contribution in [3.05, 3.63) is 90.0 Å². The fraction of sp³-hybridized carbons (Fsp3) is 0.267. The van der Waals surface area contributed by atoms with Gasteiger partial charge in [-0.3, -0.25) is 19.3 Å². The largest absolute Gasteiger partial charge is 0.497 e. The number of imide groups is 1. The molecule has 5 rings (SSSR count). The molecule has 194 valence electrons. The number of amides is 3. The molecule has 2 fully saturated rings. The molecule has 0 radical (unpaired) electrons. The van der Waals surface area contributed by atoms with Crippen LogP contribution in [0.5, 0.6) is 5.75 Å². The smallest absolute Gasteiger partial charge is 0.338 e. The van der Waals surface area contributed by atoms with Gasteiger partial charge in [0.2, 0.25) is 11.8 Å². The third-order valence-corrected chi connectivity index (χ3v) is 7.22. The van der Waals surface area contributed by atoms with Gasteiger partial charge >= 0.3 is 5.97 Å². The van der Waals surface area contributed by atoms with Crippen molar-refractivity contribution in [2.45, 2.75) is 25.2 Å². The van der Waals surface area contributed by atoms with Gasteiger partial charge in [0.15, 0.2) is 6.61 Å². The average molecular weight is 513 g/mol. The Kier molecular flexibility index (Phi) is 7.22. The van der Waals surface area contributed by atoms with E-state index >= 15 is 0 Å². The van der Waals surface area contributed by atoms with Crippen LogP contribution in [0.1, 0.15) is 41.1 Å². The van der Waals surface area contributed by atoms with E-state index in [-0.39, 0.29) is 35.1 Å². The molecule has 3 amide bonds. The van der Waals surface area contributed by atoms with Gasteiger partial charge in [-0.1, -0.05) is 42.5 Å². The highest BCUT2D eigenvalue weighted by molar-refractivity contribution is 6.22. The van der Waals surface area contributed by atoms with E-state index in [9.17, 15) is 19.2 Å². The normalized spacial score (nSPS) is 20.6. The summed E-state index contributed by atoms with van der Waals surface area (Å²) in [6.45, 7) is -0.493. The predicted molar refractivity (Wildman–Crippen MR) is 141 cm³/mol. The van der Waals surface area contributed by atoms with Crippen molar-refractivity contribution in [2.75, 3.05) is 23.9 Å². The minimum atomic E-state index is -0.728. The van der Waals surface area contributed by atoms with Crippen LogP contribution >= 0.6 is 0 Å². The maximum absolute atomic E-state index is 13.4. The molecule has 2 aliphatic rings. The Labute approximate surface area is 220 Å². The van der Waals surface area contributed by atoms with E-state index in [1.807, 2.05) is 18.2 Å². The molecule has 1 aliphatic heterocycles. The van der Waals surface area contributed by atoms with Crippen LogP contribution < -0.4 is 15.0 Å². The third-order valence-electron chi connectivity index (χ3n) is 7.22. The lowest BCUT2D eigenvalue weighted by molar-refractivity contribution is -0.122. The van der Waals surface area contributed by atoms with Gasteiger partial charge < -0.3 is 14.8 Å². The van der Waals surface area contributed by atoms with Crippen LogP contribution in [0.15, 0.2) is 78.9 Å². The monoisotopic (exact) mass is 512 g/mol. The number of esters is 1. The minimum Gasteiger partial charge on any atom is -0.497 e. The van der Waals surface area contributed by atoms with Crippen LogP contribution in [0.3, 0.4) is 0 Å². The average Bonchev–Trinajstić information content (AvgIpc) is 3.21. The van der Waals surface area contributed by atoms with Crippen LogP contribution in [0.4, 0.5) is 11.4 Å². The summed E-state index contributed by atoms with van der Waals surface area (Å²) in [5.41, 5.74) is 2.18. The van der Waals surface area contributed by atoms with Gasteiger partial charge in [0, 0.05) is 11.8 Å². The summed E-state index contributed by atoms with van der Waals surface area (Å²) >= 11 is 0. The van der Waals surface area contributed by atoms with Gasteiger partial charge in [-0.2, -0.15) is 0 Å². The molecule has 1 aliphatic carbocycles. The highest BCUT2D eigenvalue weighted by atomic mass is 16.5. The van der Waals surface area contributed by atoms with Crippen LogP contribution in [0, 0.1) is 11.8 Å². The fourth-order valence-corrected chi connectivity index (χ4v) is 5.35. The Balaban J connectivity index is 1.23. The Morgan fingerprint density at radius 3 is 2.45 bits per heavy atom. The first-order valence-electron chi connectivity index (χ1n) is 12.6. The van der Waals surface area contributed by atoms with Gasteiger partial charge in [0.1, 0.15) is 5.75 Å². The lowest BCUT2D eigenvalue weighted by Gasteiger charge is -2.28. The summed E-state index contributed by atoms with van der Waals surface area (Å²) in [7, 11) is 1.52. The molecule has 0 unspecified atom stereocenters. The number of nitrogens with zero attached hydrogens (tertiary/aromatic N) is 1. The zero-order valence-electron chi connectivity index (χ0n) is 21.0. The standard InChI is InChI=1S/C30H28N2O6/c1-37-24-12-6-10-22(17-24)31-27(33)18-38-30(36)21-9-5-11-23(15-21)32-28(34)25-14-13-20(16-26(25)29(32)35)19-7-3-2-4-8-19/h2-12,15,17,20,25-26H,13-14,16,18H2,1H3,(H,31,33)/t20-,25-,26+/m1/s1. The lowest BCUT2D eigenvalue weighted by Crippen LogP contribution is -2.31. The van der Waals surface area contributed by atoms with E-state index in [4.69, 9.17) is 9.47 Å². The molecule has 1 N–H and O–H groups in total. The minimum absolute atomic E-state index is 0.148. The topological polar surface area (TPSA) is 102 Å². The molecule has 0 spiro atoms. The quantitative estimate of drug-likeness (QED) is 0.368. The van der Waals surface area contributed by atoms with Crippen molar-refractivity contribution in [3.8, 4) is 5.75 Å². The Morgan fingerprint density at radius 1 is 0.895 bits per heavy atom. The van der Waals surface area contributed by atoms with Crippen molar-refractivity contribution in [1.82, 2.24) is 0 Å². The number of ether oxygens (including phenoxy) is 2. The zero-order valence-corrected chi connectivity index (χ0v) is 21.0. The molecule has 3 aromatic rings. The molecule has 1 saturated heterocycles. The molecular weight excluding hydrogens is 484 g/mol. The molecule has 8 nitrogen and oxygen atoms in total. The summed E-state index contributed by atoms with van der Waals surface area (Å²) < 4.78 is 10.3. The van der Waals surface area contributed by atoms with E-state index in [0.29, 0.717) is 30.0 Å². The van der Waals surface area contributed by atoms with Gasteiger partial charge in [0.25, 0.3) is 5.91 Å². The summed E-state index contributed by atoms with van der Waals surface area (Å²) in [6, 6.07) is 23.1. The first-order valence-corrected chi connectivity index (χ1v) is 12.6. The van der Waals surface area contributed by atoms with Gasteiger partial charge in [-0.15, -0.1) is 0 Å². The second-order valence-electron chi connectivity index (χ2n) is 9.55. The Hall–Kier alpha value is -4.46. The molecule has 3 aromatic carbocycles. The number of anilines is 2. The lowest BCUT2D eigenvalue weighted by atomic mass is 9.73. The molecule has 1 saturated carbocycles. The first kappa shape index (κ1) is 25.2. The molecule has 0 bridgehead atoms. The van der Waals surface area contributed by atoms with Crippen molar-refractivity contribution in [2.24, 2.45) is 11.8 Å². The van der Waals surface area contributed by atoms with Crippen molar-refractivity contribution < 1.29 is 28.7 Å². The summed E-state index contributed by atoms with van der Waals surface area (Å²) in [5, 5.41) is 2.64. The summed E-state index contributed by atoms with van der Waals surface area (Å²) in [5.74, 6) is -1.61. The predicted octanol–water partition coefficient (Wildman–Crippen LogP) is 4.56. The van der Waals surface area contributed by atoms with Crippen LogP contribution in [-0.4, -0.2) is 37.4 Å². The Morgan fingerprint density at radius 2 is 1.66 bits per heavy atom. The fourth-order valence-electron chi connectivity index (χ4n) is 5.35. The molecular formula is C30H28N2O6. The van der Waals surface area contributed by atoms with Crippen LogP contribution in [-0.2, 0) is 19.1 Å². The van der Waals surface area contributed by atoms with E-state index in [2.05, 4.69) is 17.4 Å². The zero-order chi connectivity index (χ0) is 26.6. The van der Waals surface area contributed by atoms with Gasteiger partial charge in [-0.25, -0.2) is 4.79 Å². The van der Waals surface area contributed by atoms with Gasteiger partial charge in [-0.05, 0) is 61.1 Å². The number of rotatable bonds is 7. The van der Waals surface area contributed by atoms with E-state index in [1.165, 1.54) is 29.7 Å². The SMILES string of the molecule is COc1cccc(NC(=O)COC(=O)c2cccc(N3C(=O)[C@H]4C[C@H](c5ccccc5)CC[C@H]4C3=O)c2)c1. The van der Waals surface area contributed by atoms with E-state index in [0.717, 1.165) is 6.42 Å². The number of benzene rings is 3. The second kappa shape index (κ2) is 10.9. The number of fused-ring (bicyclic) bond motifs is 1. The van der Waals surface area contributed by atoms with Crippen LogP contribution in [0.25, 0.3) is 0 Å². The maximum atomic E-state index is 13.4.